The summed E-state index contributed by atoms with van der Waals surface area (Å²) in [6, 6.07) is 1.86. The number of carbonyl (C=O) groups excluding carboxylic acids is 1. The molecule has 1 atom stereocenters. The predicted molar refractivity (Wildman–Crippen MR) is 67.6 cm³/mol. The summed E-state index contributed by atoms with van der Waals surface area (Å²) in [7, 11) is 0. The summed E-state index contributed by atoms with van der Waals surface area (Å²) in [5.41, 5.74) is 2.12. The number of nitrogens with zero attached hydrogens (tertiary/aromatic N) is 2. The molecule has 0 aliphatic carbocycles. The minimum absolute atomic E-state index is 0.0341. The van der Waals surface area contributed by atoms with Crippen molar-refractivity contribution in [2.75, 3.05) is 6.54 Å². The summed E-state index contributed by atoms with van der Waals surface area (Å²) in [6.07, 6.45) is 0. The molecular formula is C12H22N4O. The Kier molecular flexibility index (Phi) is 5.15. The molecule has 5 heteroatoms. The van der Waals surface area contributed by atoms with Gasteiger partial charge in [0.1, 0.15) is 0 Å². The molecular weight excluding hydrogens is 216 g/mol. The molecule has 1 rings (SSSR count). The maximum absolute atomic E-state index is 11.5. The van der Waals surface area contributed by atoms with Crippen LogP contribution in [-0.2, 0) is 17.9 Å². The number of likely N-dealkylation sites (N-methyl/N-ethyl adjacent to an activating group) is 1. The molecule has 0 aromatic carbocycles. The molecule has 0 saturated heterocycles. The molecule has 0 fully saturated rings. The van der Waals surface area contributed by atoms with Crippen LogP contribution < -0.4 is 10.6 Å². The van der Waals surface area contributed by atoms with Crippen molar-refractivity contribution >= 4 is 5.91 Å². The molecule has 17 heavy (non-hydrogen) atoms. The summed E-state index contributed by atoms with van der Waals surface area (Å²) < 4.78 is 1.95. The van der Waals surface area contributed by atoms with E-state index in [1.54, 1.807) is 0 Å². The van der Waals surface area contributed by atoms with E-state index in [0.717, 1.165) is 17.9 Å². The fourth-order valence-electron chi connectivity index (χ4n) is 1.69. The van der Waals surface area contributed by atoms with E-state index in [1.807, 2.05) is 31.5 Å². The molecule has 0 aliphatic heterocycles. The van der Waals surface area contributed by atoms with Gasteiger partial charge in [-0.05, 0) is 33.8 Å². The highest BCUT2D eigenvalue weighted by Crippen LogP contribution is 2.03. The molecule has 1 amide bonds. The first-order chi connectivity index (χ1) is 8.08. The molecule has 1 aromatic rings. The largest absolute Gasteiger partial charge is 0.355 e. The monoisotopic (exact) mass is 238 g/mol. The maximum atomic E-state index is 11.5. The van der Waals surface area contributed by atoms with E-state index in [-0.39, 0.29) is 11.9 Å². The summed E-state index contributed by atoms with van der Waals surface area (Å²) in [5, 5.41) is 10.4. The van der Waals surface area contributed by atoms with Gasteiger partial charge < -0.3 is 10.6 Å². The lowest BCUT2D eigenvalue weighted by molar-refractivity contribution is -0.122. The van der Waals surface area contributed by atoms with Gasteiger partial charge in [-0.25, -0.2) is 0 Å². The Morgan fingerprint density at radius 2 is 2.24 bits per heavy atom. The van der Waals surface area contributed by atoms with Crippen molar-refractivity contribution in [2.45, 2.75) is 46.8 Å². The number of rotatable bonds is 6. The van der Waals surface area contributed by atoms with Crippen molar-refractivity contribution in [2.24, 2.45) is 0 Å². The van der Waals surface area contributed by atoms with Crippen molar-refractivity contribution in [3.8, 4) is 0 Å². The third kappa shape index (κ3) is 3.85. The van der Waals surface area contributed by atoms with Crippen molar-refractivity contribution in [1.82, 2.24) is 20.4 Å². The second-order valence-electron chi connectivity index (χ2n) is 4.09. The summed E-state index contributed by atoms with van der Waals surface area (Å²) in [4.78, 5) is 11.5. The lowest BCUT2D eigenvalue weighted by Crippen LogP contribution is -2.41. The summed E-state index contributed by atoms with van der Waals surface area (Å²) in [5.74, 6) is 0.0341. The SMILES string of the molecule is CCNC(=O)C(C)NCc1cc(C)nn1CC. The standard InChI is InChI=1S/C12H22N4O/c1-5-13-12(17)10(4)14-8-11-7-9(3)15-16(11)6-2/h7,10,14H,5-6,8H2,1-4H3,(H,13,17). The fraction of sp³-hybridized carbons (Fsp3) is 0.667. The number of hydrogen-bond donors (Lipinski definition) is 2. The van der Waals surface area contributed by atoms with Gasteiger partial charge in [0, 0.05) is 19.6 Å². The highest BCUT2D eigenvalue weighted by atomic mass is 16.2. The Bertz CT molecular complexity index is 373. The smallest absolute Gasteiger partial charge is 0.236 e. The van der Waals surface area contributed by atoms with Crippen LogP contribution in [0.5, 0.6) is 0 Å². The van der Waals surface area contributed by atoms with Crippen LogP contribution in [0.25, 0.3) is 0 Å². The minimum atomic E-state index is -0.185. The molecule has 0 saturated carbocycles. The molecule has 1 heterocycles. The van der Waals surface area contributed by atoms with Gasteiger partial charge in [-0.15, -0.1) is 0 Å². The van der Waals surface area contributed by atoms with Crippen LogP contribution in [-0.4, -0.2) is 28.3 Å². The Morgan fingerprint density at radius 3 is 2.82 bits per heavy atom. The number of carbonyl (C=O) groups is 1. The second kappa shape index (κ2) is 6.39. The molecule has 96 valence electrons. The lowest BCUT2D eigenvalue weighted by Gasteiger charge is -2.13. The third-order valence-corrected chi connectivity index (χ3v) is 2.62. The zero-order chi connectivity index (χ0) is 12.8. The first-order valence-electron chi connectivity index (χ1n) is 6.12. The van der Waals surface area contributed by atoms with Crippen molar-refractivity contribution in [1.29, 1.82) is 0 Å². The van der Waals surface area contributed by atoms with Gasteiger partial charge in [-0.3, -0.25) is 9.48 Å². The Balaban J connectivity index is 2.52. The zero-order valence-electron chi connectivity index (χ0n) is 11.1. The highest BCUT2D eigenvalue weighted by molar-refractivity contribution is 5.81. The van der Waals surface area contributed by atoms with Gasteiger partial charge in [0.2, 0.25) is 5.91 Å². The first-order valence-corrected chi connectivity index (χ1v) is 6.12. The van der Waals surface area contributed by atoms with E-state index in [0.29, 0.717) is 13.1 Å². The predicted octanol–water partition coefficient (Wildman–Crippen LogP) is 0.826. The van der Waals surface area contributed by atoms with E-state index in [2.05, 4.69) is 22.7 Å². The van der Waals surface area contributed by atoms with Crippen LogP contribution in [0.2, 0.25) is 0 Å². The van der Waals surface area contributed by atoms with E-state index < -0.39 is 0 Å². The van der Waals surface area contributed by atoms with Gasteiger partial charge in [0.05, 0.1) is 17.4 Å². The van der Waals surface area contributed by atoms with Gasteiger partial charge in [-0.2, -0.15) is 5.10 Å². The topological polar surface area (TPSA) is 59.0 Å². The molecule has 0 aliphatic rings. The molecule has 0 radical (unpaired) electrons. The van der Waals surface area contributed by atoms with Gasteiger partial charge in [0.15, 0.2) is 0 Å². The van der Waals surface area contributed by atoms with E-state index >= 15 is 0 Å². The molecule has 1 aromatic heterocycles. The average molecular weight is 238 g/mol. The second-order valence-corrected chi connectivity index (χ2v) is 4.09. The lowest BCUT2D eigenvalue weighted by atomic mass is 10.3. The van der Waals surface area contributed by atoms with E-state index in [4.69, 9.17) is 0 Å². The van der Waals surface area contributed by atoms with Crippen molar-refractivity contribution in [3.05, 3.63) is 17.5 Å². The number of hydrogen-bond acceptors (Lipinski definition) is 3. The molecule has 0 spiro atoms. The quantitative estimate of drug-likeness (QED) is 0.771. The molecule has 5 nitrogen and oxygen atoms in total. The number of amides is 1. The Hall–Kier alpha value is -1.36. The minimum Gasteiger partial charge on any atom is -0.355 e. The summed E-state index contributed by atoms with van der Waals surface area (Å²) in [6.45, 7) is 9.99. The maximum Gasteiger partial charge on any atom is 0.236 e. The van der Waals surface area contributed by atoms with E-state index in [9.17, 15) is 4.79 Å². The fourth-order valence-corrected chi connectivity index (χ4v) is 1.69. The third-order valence-electron chi connectivity index (χ3n) is 2.62. The molecule has 0 bridgehead atoms. The number of aryl methyl sites for hydroxylation is 2. The Morgan fingerprint density at radius 1 is 1.53 bits per heavy atom. The van der Waals surface area contributed by atoms with Crippen molar-refractivity contribution < 1.29 is 4.79 Å². The van der Waals surface area contributed by atoms with Gasteiger partial charge in [0.25, 0.3) is 0 Å². The zero-order valence-corrected chi connectivity index (χ0v) is 11.1. The highest BCUT2D eigenvalue weighted by Gasteiger charge is 2.12. The van der Waals surface area contributed by atoms with Crippen LogP contribution in [0.1, 0.15) is 32.2 Å². The van der Waals surface area contributed by atoms with Crippen LogP contribution in [0.15, 0.2) is 6.07 Å². The van der Waals surface area contributed by atoms with Crippen LogP contribution in [0, 0.1) is 6.92 Å². The Labute approximate surface area is 103 Å². The molecule has 1 unspecified atom stereocenters. The first kappa shape index (κ1) is 13.7. The van der Waals surface area contributed by atoms with Crippen LogP contribution in [0.4, 0.5) is 0 Å². The van der Waals surface area contributed by atoms with Crippen LogP contribution in [0.3, 0.4) is 0 Å². The molecule has 2 N–H and O–H groups in total. The van der Waals surface area contributed by atoms with Crippen molar-refractivity contribution in [3.63, 3.8) is 0 Å². The average Bonchev–Trinajstić information content (AvgIpc) is 2.66. The number of aromatic nitrogens is 2. The van der Waals surface area contributed by atoms with Gasteiger partial charge >= 0.3 is 0 Å². The van der Waals surface area contributed by atoms with E-state index in [1.165, 1.54) is 0 Å². The van der Waals surface area contributed by atoms with Gasteiger partial charge in [-0.1, -0.05) is 0 Å². The van der Waals surface area contributed by atoms with Crippen LogP contribution >= 0.6 is 0 Å². The normalized spacial score (nSPS) is 12.5. The summed E-state index contributed by atoms with van der Waals surface area (Å²) >= 11 is 0. The number of nitrogens with one attached hydrogen (secondary N) is 2.